The topological polar surface area (TPSA) is 18.5 Å². The lowest BCUT2D eigenvalue weighted by atomic mass is 9.80. The van der Waals surface area contributed by atoms with E-state index in [0.29, 0.717) is 23.9 Å². The van der Waals surface area contributed by atoms with Gasteiger partial charge in [0.25, 0.3) is 0 Å². The number of rotatable bonds is 3. The van der Waals surface area contributed by atoms with E-state index in [0.717, 1.165) is 5.75 Å². The minimum absolute atomic E-state index is 0.422. The highest BCUT2D eigenvalue weighted by molar-refractivity contribution is 5.47. The van der Waals surface area contributed by atoms with Gasteiger partial charge in [-0.3, -0.25) is 0 Å². The molecule has 4 unspecified atom stereocenters. The summed E-state index contributed by atoms with van der Waals surface area (Å²) in [6.07, 6.45) is 2.89. The Bertz CT molecular complexity index is 427. The zero-order valence-corrected chi connectivity index (χ0v) is 10.8. The summed E-state index contributed by atoms with van der Waals surface area (Å²) >= 11 is 0. The molecule has 0 heterocycles. The molecule has 2 aliphatic rings. The van der Waals surface area contributed by atoms with Crippen molar-refractivity contribution in [2.75, 3.05) is 14.2 Å². The van der Waals surface area contributed by atoms with Crippen molar-refractivity contribution in [2.45, 2.75) is 37.7 Å². The van der Waals surface area contributed by atoms with E-state index in [-0.39, 0.29) is 0 Å². The van der Waals surface area contributed by atoms with Crippen molar-refractivity contribution in [1.29, 1.82) is 0 Å². The first-order valence-electron chi connectivity index (χ1n) is 6.50. The zero-order chi connectivity index (χ0) is 12.0. The second-order valence-electron chi connectivity index (χ2n) is 5.22. The molecule has 0 saturated heterocycles. The molecule has 2 bridgehead atoms. The molecule has 0 radical (unpaired) electrons. The maximum absolute atomic E-state index is 5.73. The van der Waals surface area contributed by atoms with Crippen molar-refractivity contribution in [3.05, 3.63) is 29.3 Å². The van der Waals surface area contributed by atoms with Crippen LogP contribution in [0.4, 0.5) is 0 Å². The first-order chi connectivity index (χ1) is 8.30. The first-order valence-corrected chi connectivity index (χ1v) is 6.50. The summed E-state index contributed by atoms with van der Waals surface area (Å²) in [4.78, 5) is 0. The SMILES string of the molecule is CCC1C2CC(c3ccc(OC)cc32)C1OC. The van der Waals surface area contributed by atoms with Crippen molar-refractivity contribution in [3.8, 4) is 5.75 Å². The van der Waals surface area contributed by atoms with E-state index in [1.54, 1.807) is 7.11 Å². The molecule has 1 aromatic carbocycles. The molecule has 2 aliphatic carbocycles. The molecule has 0 aliphatic heterocycles. The summed E-state index contributed by atoms with van der Waals surface area (Å²) in [6.45, 7) is 2.28. The Balaban J connectivity index is 2.03. The molecule has 2 heteroatoms. The number of hydrogen-bond donors (Lipinski definition) is 0. The van der Waals surface area contributed by atoms with E-state index in [4.69, 9.17) is 9.47 Å². The van der Waals surface area contributed by atoms with Crippen molar-refractivity contribution in [1.82, 2.24) is 0 Å². The minimum atomic E-state index is 0.422. The van der Waals surface area contributed by atoms with E-state index in [9.17, 15) is 0 Å². The summed E-state index contributed by atoms with van der Waals surface area (Å²) in [5.41, 5.74) is 3.00. The van der Waals surface area contributed by atoms with Crippen LogP contribution in [-0.4, -0.2) is 20.3 Å². The Morgan fingerprint density at radius 2 is 2.00 bits per heavy atom. The average Bonchev–Trinajstić information content (AvgIpc) is 2.92. The molecule has 3 rings (SSSR count). The van der Waals surface area contributed by atoms with Crippen LogP contribution in [0.2, 0.25) is 0 Å². The van der Waals surface area contributed by atoms with E-state index in [2.05, 4.69) is 25.1 Å². The maximum Gasteiger partial charge on any atom is 0.119 e. The zero-order valence-electron chi connectivity index (χ0n) is 10.8. The molecule has 1 fully saturated rings. The third kappa shape index (κ3) is 1.43. The standard InChI is InChI=1S/C15H20O2/c1-4-10-13-8-14(15(10)17-3)11-6-5-9(16-2)7-12(11)13/h5-7,10,13-15H,4,8H2,1-3H3. The maximum atomic E-state index is 5.73. The molecule has 0 spiro atoms. The summed E-state index contributed by atoms with van der Waals surface area (Å²) in [7, 11) is 3.60. The molecule has 17 heavy (non-hydrogen) atoms. The van der Waals surface area contributed by atoms with Gasteiger partial charge in [-0.2, -0.15) is 0 Å². The third-order valence-electron chi connectivity index (χ3n) is 4.68. The van der Waals surface area contributed by atoms with Gasteiger partial charge in [0, 0.05) is 13.0 Å². The van der Waals surface area contributed by atoms with Crippen molar-refractivity contribution in [3.63, 3.8) is 0 Å². The van der Waals surface area contributed by atoms with E-state index in [1.165, 1.54) is 24.0 Å². The molecular weight excluding hydrogens is 212 g/mol. The fourth-order valence-corrected chi connectivity index (χ4v) is 3.97. The molecule has 92 valence electrons. The fourth-order valence-electron chi connectivity index (χ4n) is 3.97. The van der Waals surface area contributed by atoms with Gasteiger partial charge in [0.15, 0.2) is 0 Å². The normalized spacial score (nSPS) is 33.8. The van der Waals surface area contributed by atoms with Crippen molar-refractivity contribution in [2.24, 2.45) is 5.92 Å². The van der Waals surface area contributed by atoms with Gasteiger partial charge in [0.2, 0.25) is 0 Å². The van der Waals surface area contributed by atoms with Crippen molar-refractivity contribution < 1.29 is 9.47 Å². The Hall–Kier alpha value is -1.02. The highest BCUT2D eigenvalue weighted by atomic mass is 16.5. The van der Waals surface area contributed by atoms with Gasteiger partial charge >= 0.3 is 0 Å². The Labute approximate surface area is 103 Å². The van der Waals surface area contributed by atoms with E-state index < -0.39 is 0 Å². The molecule has 4 atom stereocenters. The second-order valence-corrected chi connectivity index (χ2v) is 5.22. The highest BCUT2D eigenvalue weighted by Crippen LogP contribution is 2.58. The van der Waals surface area contributed by atoms with Crippen LogP contribution in [0.5, 0.6) is 5.75 Å². The quantitative estimate of drug-likeness (QED) is 0.796. The summed E-state index contributed by atoms with van der Waals surface area (Å²) < 4.78 is 11.1. The van der Waals surface area contributed by atoms with Gasteiger partial charge in [-0.25, -0.2) is 0 Å². The number of ether oxygens (including phenoxy) is 2. The van der Waals surface area contributed by atoms with Gasteiger partial charge in [0.1, 0.15) is 5.75 Å². The molecule has 0 amide bonds. The van der Waals surface area contributed by atoms with Crippen LogP contribution in [0.15, 0.2) is 18.2 Å². The number of fused-ring (bicyclic) bond motifs is 5. The molecule has 0 N–H and O–H groups in total. The first kappa shape index (κ1) is 11.1. The predicted molar refractivity (Wildman–Crippen MR) is 67.7 cm³/mol. The Morgan fingerprint density at radius 1 is 1.18 bits per heavy atom. The van der Waals surface area contributed by atoms with E-state index in [1.807, 2.05) is 7.11 Å². The molecule has 2 nitrogen and oxygen atoms in total. The van der Waals surface area contributed by atoms with Gasteiger partial charge < -0.3 is 9.47 Å². The van der Waals surface area contributed by atoms with Crippen LogP contribution in [0.25, 0.3) is 0 Å². The third-order valence-corrected chi connectivity index (χ3v) is 4.68. The summed E-state index contributed by atoms with van der Waals surface area (Å²) in [5, 5.41) is 0. The number of benzene rings is 1. The number of methoxy groups -OCH3 is 2. The van der Waals surface area contributed by atoms with Gasteiger partial charge in [-0.05, 0) is 41.5 Å². The molecule has 0 aromatic heterocycles. The molecule has 1 saturated carbocycles. The smallest absolute Gasteiger partial charge is 0.119 e. The van der Waals surface area contributed by atoms with Gasteiger partial charge in [-0.15, -0.1) is 0 Å². The Kier molecular flexibility index (Phi) is 2.62. The van der Waals surface area contributed by atoms with Crippen molar-refractivity contribution >= 4 is 0 Å². The van der Waals surface area contributed by atoms with Crippen LogP contribution in [-0.2, 0) is 4.74 Å². The predicted octanol–water partition coefficient (Wildman–Crippen LogP) is 3.32. The summed E-state index contributed by atoms with van der Waals surface area (Å²) in [5.74, 6) is 2.96. The van der Waals surface area contributed by atoms with Crippen LogP contribution in [0, 0.1) is 5.92 Å². The summed E-state index contributed by atoms with van der Waals surface area (Å²) in [6, 6.07) is 6.54. The largest absolute Gasteiger partial charge is 0.497 e. The lowest BCUT2D eigenvalue weighted by Gasteiger charge is -2.31. The monoisotopic (exact) mass is 232 g/mol. The highest BCUT2D eigenvalue weighted by Gasteiger charge is 2.50. The van der Waals surface area contributed by atoms with Gasteiger partial charge in [0.05, 0.1) is 13.2 Å². The van der Waals surface area contributed by atoms with Crippen LogP contribution in [0.3, 0.4) is 0 Å². The van der Waals surface area contributed by atoms with Crippen LogP contribution in [0.1, 0.15) is 42.7 Å². The fraction of sp³-hybridized carbons (Fsp3) is 0.600. The molecule has 1 aromatic rings. The lowest BCUT2D eigenvalue weighted by molar-refractivity contribution is 0.0492. The Morgan fingerprint density at radius 3 is 2.65 bits per heavy atom. The van der Waals surface area contributed by atoms with E-state index >= 15 is 0 Å². The van der Waals surface area contributed by atoms with Crippen LogP contribution < -0.4 is 4.74 Å². The second kappa shape index (κ2) is 4.02. The average molecular weight is 232 g/mol. The number of hydrogen-bond acceptors (Lipinski definition) is 2. The lowest BCUT2D eigenvalue weighted by Crippen LogP contribution is -2.28. The molecular formula is C15H20O2. The minimum Gasteiger partial charge on any atom is -0.497 e. The van der Waals surface area contributed by atoms with Crippen LogP contribution >= 0.6 is 0 Å². The van der Waals surface area contributed by atoms with Gasteiger partial charge in [-0.1, -0.05) is 19.4 Å².